The first-order chi connectivity index (χ1) is 12.7. The molecule has 1 aliphatic rings. The Kier molecular flexibility index (Phi) is 3.61. The first-order valence-electron chi connectivity index (χ1n) is 8.25. The Morgan fingerprint density at radius 2 is 2.15 bits per heavy atom. The number of halogens is 1. The van der Waals surface area contributed by atoms with E-state index in [-0.39, 0.29) is 12.1 Å². The highest BCUT2D eigenvalue weighted by molar-refractivity contribution is 7.18. The molecular weight excluding hydrogens is 372 g/mol. The van der Waals surface area contributed by atoms with Crippen LogP contribution in [0.3, 0.4) is 0 Å². The van der Waals surface area contributed by atoms with E-state index in [1.54, 1.807) is 17.4 Å². The number of nitrogens with zero attached hydrogens (tertiary/aromatic N) is 5. The number of benzene rings is 1. The number of aryl methyl sites for hydroxylation is 2. The Bertz CT molecular complexity index is 1190. The van der Waals surface area contributed by atoms with Crippen molar-refractivity contribution < 1.29 is 0 Å². The van der Waals surface area contributed by atoms with Crippen molar-refractivity contribution in [2.75, 3.05) is 0 Å². The quantitative estimate of drug-likeness (QED) is 0.586. The van der Waals surface area contributed by atoms with E-state index in [1.165, 1.54) is 15.2 Å². The number of aromatic amines is 1. The molecule has 0 spiro atoms. The van der Waals surface area contributed by atoms with Gasteiger partial charge >= 0.3 is 0 Å². The minimum atomic E-state index is -0.0872. The number of aromatic nitrogens is 6. The van der Waals surface area contributed by atoms with Crippen LogP contribution >= 0.6 is 22.9 Å². The summed E-state index contributed by atoms with van der Waals surface area (Å²) in [5.74, 6) is 0.958. The Hall–Kier alpha value is -2.58. The number of rotatable bonds is 3. The van der Waals surface area contributed by atoms with Gasteiger partial charge in [0.25, 0.3) is 5.56 Å². The van der Waals surface area contributed by atoms with Crippen LogP contribution in [0.2, 0.25) is 5.02 Å². The number of thiophene rings is 1. The van der Waals surface area contributed by atoms with Crippen molar-refractivity contribution in [3.63, 3.8) is 0 Å². The average molecular weight is 385 g/mol. The second kappa shape index (κ2) is 6.00. The molecular formula is C17H13ClN6OS. The molecule has 1 aliphatic carbocycles. The van der Waals surface area contributed by atoms with Crippen LogP contribution in [0, 0.1) is 0 Å². The van der Waals surface area contributed by atoms with Crippen molar-refractivity contribution in [1.29, 1.82) is 0 Å². The van der Waals surface area contributed by atoms with E-state index in [4.69, 9.17) is 11.6 Å². The normalized spacial score (nSPS) is 13.4. The summed E-state index contributed by atoms with van der Waals surface area (Å²) in [7, 11) is 0. The lowest BCUT2D eigenvalue weighted by Gasteiger charge is -2.00. The fourth-order valence-electron chi connectivity index (χ4n) is 3.32. The number of H-pyrrole nitrogens is 1. The van der Waals surface area contributed by atoms with Crippen LogP contribution in [-0.2, 0) is 19.4 Å². The van der Waals surface area contributed by atoms with Gasteiger partial charge in [-0.25, -0.2) is 4.98 Å². The van der Waals surface area contributed by atoms with Crippen LogP contribution in [0.25, 0.3) is 21.6 Å². The molecule has 5 rings (SSSR count). The van der Waals surface area contributed by atoms with Crippen LogP contribution in [0.5, 0.6) is 0 Å². The van der Waals surface area contributed by atoms with Gasteiger partial charge in [0.05, 0.1) is 10.4 Å². The van der Waals surface area contributed by atoms with Crippen molar-refractivity contribution in [3.8, 4) is 11.4 Å². The van der Waals surface area contributed by atoms with Gasteiger partial charge in [0, 0.05) is 10.4 Å². The van der Waals surface area contributed by atoms with E-state index in [1.807, 2.05) is 18.2 Å². The average Bonchev–Trinajstić information content (AvgIpc) is 3.31. The summed E-state index contributed by atoms with van der Waals surface area (Å²) in [6, 6.07) is 7.33. The van der Waals surface area contributed by atoms with Crippen molar-refractivity contribution in [2.45, 2.75) is 25.8 Å². The third-order valence-corrected chi connectivity index (χ3v) is 6.00. The van der Waals surface area contributed by atoms with Gasteiger partial charge in [-0.1, -0.05) is 23.7 Å². The highest BCUT2D eigenvalue weighted by Gasteiger charge is 2.21. The van der Waals surface area contributed by atoms with Crippen LogP contribution < -0.4 is 5.56 Å². The predicted molar refractivity (Wildman–Crippen MR) is 99.6 cm³/mol. The smallest absolute Gasteiger partial charge is 0.259 e. The molecule has 3 aromatic heterocycles. The lowest BCUT2D eigenvalue weighted by molar-refractivity contribution is 0.555. The van der Waals surface area contributed by atoms with Crippen molar-refractivity contribution in [3.05, 3.63) is 55.9 Å². The maximum Gasteiger partial charge on any atom is 0.259 e. The lowest BCUT2D eigenvalue weighted by atomic mass is 10.2. The molecule has 0 atom stereocenters. The molecule has 4 aromatic rings. The minimum Gasteiger partial charge on any atom is -0.308 e. The molecule has 0 saturated heterocycles. The second-order valence-corrected chi connectivity index (χ2v) is 7.66. The summed E-state index contributed by atoms with van der Waals surface area (Å²) in [4.78, 5) is 23.5. The number of nitrogens with one attached hydrogen (secondary N) is 1. The Morgan fingerprint density at radius 1 is 1.27 bits per heavy atom. The Balaban J connectivity index is 1.49. The molecule has 0 bridgehead atoms. The largest absolute Gasteiger partial charge is 0.308 e. The van der Waals surface area contributed by atoms with Crippen LogP contribution in [-0.4, -0.2) is 30.2 Å². The molecule has 0 amide bonds. The molecule has 26 heavy (non-hydrogen) atoms. The Labute approximate surface area is 156 Å². The fraction of sp³-hybridized carbons (Fsp3) is 0.235. The molecule has 0 saturated carbocycles. The maximum atomic E-state index is 12.5. The zero-order valence-corrected chi connectivity index (χ0v) is 15.1. The lowest BCUT2D eigenvalue weighted by Crippen LogP contribution is -2.15. The monoisotopic (exact) mass is 384 g/mol. The molecule has 1 aromatic carbocycles. The summed E-state index contributed by atoms with van der Waals surface area (Å²) in [6.07, 6.45) is 3.12. The van der Waals surface area contributed by atoms with Crippen LogP contribution in [0.15, 0.2) is 29.1 Å². The highest BCUT2D eigenvalue weighted by atomic mass is 35.5. The van der Waals surface area contributed by atoms with Crippen LogP contribution in [0.1, 0.15) is 22.7 Å². The zero-order chi connectivity index (χ0) is 17.7. The first-order valence-corrected chi connectivity index (χ1v) is 9.44. The van der Waals surface area contributed by atoms with Crippen LogP contribution in [0.4, 0.5) is 0 Å². The highest BCUT2D eigenvalue weighted by Crippen LogP contribution is 2.34. The van der Waals surface area contributed by atoms with Crippen molar-refractivity contribution in [2.24, 2.45) is 0 Å². The summed E-state index contributed by atoms with van der Waals surface area (Å²) < 4.78 is 0. The van der Waals surface area contributed by atoms with E-state index in [0.29, 0.717) is 22.2 Å². The summed E-state index contributed by atoms with van der Waals surface area (Å²) >= 11 is 7.79. The molecule has 3 heterocycles. The number of tetrazole rings is 1. The SMILES string of the molecule is O=c1[nH]c(Cn2nnc(-c3ccccc3Cl)n2)nc2sc3c(c12)CCC3. The molecule has 0 unspecified atom stereocenters. The molecule has 9 heteroatoms. The fourth-order valence-corrected chi connectivity index (χ4v) is 4.82. The predicted octanol–water partition coefficient (Wildman–Crippen LogP) is 2.83. The van der Waals surface area contributed by atoms with Gasteiger partial charge < -0.3 is 4.98 Å². The third-order valence-electron chi connectivity index (χ3n) is 4.48. The molecule has 1 N–H and O–H groups in total. The van der Waals surface area contributed by atoms with E-state index >= 15 is 0 Å². The van der Waals surface area contributed by atoms with E-state index in [2.05, 4.69) is 25.4 Å². The topological polar surface area (TPSA) is 89.4 Å². The number of fused-ring (bicyclic) bond motifs is 3. The third kappa shape index (κ3) is 2.53. The van der Waals surface area contributed by atoms with Gasteiger partial charge in [-0.3, -0.25) is 4.79 Å². The van der Waals surface area contributed by atoms with E-state index in [9.17, 15) is 4.79 Å². The molecule has 7 nitrogen and oxygen atoms in total. The number of hydrogen-bond donors (Lipinski definition) is 1. The van der Waals surface area contributed by atoms with Crippen molar-refractivity contribution in [1.82, 2.24) is 30.2 Å². The van der Waals surface area contributed by atoms with Gasteiger partial charge in [-0.15, -0.1) is 21.5 Å². The minimum absolute atomic E-state index is 0.0872. The first kappa shape index (κ1) is 15.7. The zero-order valence-electron chi connectivity index (χ0n) is 13.6. The molecule has 0 fully saturated rings. The van der Waals surface area contributed by atoms with Gasteiger partial charge in [0.15, 0.2) is 0 Å². The number of hydrogen-bond acceptors (Lipinski definition) is 6. The van der Waals surface area contributed by atoms with Gasteiger partial charge in [0.1, 0.15) is 17.2 Å². The van der Waals surface area contributed by atoms with Gasteiger partial charge in [-0.2, -0.15) is 4.80 Å². The standard InChI is InChI=1S/C17H13ClN6OS/c18-11-6-2-1-4-9(11)15-21-23-24(22-15)8-13-19-16(25)14-10-5-3-7-12(10)26-17(14)20-13/h1-2,4,6H,3,5,7-8H2,(H,19,20,25). The second-order valence-electron chi connectivity index (χ2n) is 6.17. The molecule has 0 radical (unpaired) electrons. The summed E-state index contributed by atoms with van der Waals surface area (Å²) in [5, 5.41) is 13.8. The molecule has 0 aliphatic heterocycles. The molecule has 130 valence electrons. The summed E-state index contributed by atoms with van der Waals surface area (Å²) in [5.41, 5.74) is 1.80. The van der Waals surface area contributed by atoms with E-state index in [0.717, 1.165) is 29.5 Å². The maximum absolute atomic E-state index is 12.5. The van der Waals surface area contributed by atoms with Gasteiger partial charge in [0.2, 0.25) is 5.82 Å². The summed E-state index contributed by atoms with van der Waals surface area (Å²) in [6.45, 7) is 0.241. The van der Waals surface area contributed by atoms with Gasteiger partial charge in [-0.05, 0) is 42.2 Å². The van der Waals surface area contributed by atoms with Crippen molar-refractivity contribution >= 4 is 33.2 Å². The van der Waals surface area contributed by atoms with E-state index < -0.39 is 0 Å². The Morgan fingerprint density at radius 3 is 3.04 bits per heavy atom.